The second-order valence-electron chi connectivity index (χ2n) is 4.50. The third-order valence-electron chi connectivity index (χ3n) is 2.87. The summed E-state index contributed by atoms with van der Waals surface area (Å²) in [5.74, 6) is 0.105. The van der Waals surface area contributed by atoms with Crippen molar-refractivity contribution in [2.75, 3.05) is 0 Å². The largest absolute Gasteiger partial charge is 0.489 e. The molecule has 7 heteroatoms. The van der Waals surface area contributed by atoms with Crippen LogP contribution in [0, 0.1) is 12.7 Å². The Labute approximate surface area is 130 Å². The second kappa shape index (κ2) is 6.13. The van der Waals surface area contributed by atoms with Crippen molar-refractivity contribution in [1.82, 2.24) is 0 Å². The van der Waals surface area contributed by atoms with Crippen molar-refractivity contribution in [3.8, 4) is 5.75 Å². The van der Waals surface area contributed by atoms with Gasteiger partial charge in [-0.05, 0) is 42.8 Å². The average Bonchev–Trinajstić information content (AvgIpc) is 2.38. The van der Waals surface area contributed by atoms with Gasteiger partial charge in [-0.25, -0.2) is 17.9 Å². The molecule has 112 valence electrons. The summed E-state index contributed by atoms with van der Waals surface area (Å²) in [6.45, 7) is 1.75. The highest BCUT2D eigenvalue weighted by atomic mass is 79.9. The van der Waals surface area contributed by atoms with Gasteiger partial charge in [0.25, 0.3) is 0 Å². The normalized spacial score (nSPS) is 11.4. The fourth-order valence-corrected chi connectivity index (χ4v) is 2.69. The first kappa shape index (κ1) is 15.9. The van der Waals surface area contributed by atoms with Crippen LogP contribution in [0.25, 0.3) is 0 Å². The maximum Gasteiger partial charge on any atom is 0.238 e. The summed E-state index contributed by atoms with van der Waals surface area (Å²) in [7, 11) is -3.74. The molecule has 2 aromatic carbocycles. The Balaban J connectivity index is 2.17. The van der Waals surface area contributed by atoms with Crippen LogP contribution in [-0.4, -0.2) is 8.42 Å². The summed E-state index contributed by atoms with van der Waals surface area (Å²) in [5, 5.41) is 5.05. The number of ether oxygens (including phenoxy) is 1. The van der Waals surface area contributed by atoms with Gasteiger partial charge in [0, 0.05) is 10.0 Å². The molecule has 0 saturated heterocycles. The number of aryl methyl sites for hydroxylation is 1. The summed E-state index contributed by atoms with van der Waals surface area (Å²) < 4.78 is 42.3. The molecular weight excluding hydrogens is 361 g/mol. The topological polar surface area (TPSA) is 69.4 Å². The minimum atomic E-state index is -3.74. The van der Waals surface area contributed by atoms with Crippen LogP contribution in [0.1, 0.15) is 11.1 Å². The zero-order valence-electron chi connectivity index (χ0n) is 11.1. The average molecular weight is 374 g/mol. The number of benzene rings is 2. The Hall–Kier alpha value is -1.44. The molecule has 2 rings (SSSR count). The zero-order chi connectivity index (χ0) is 15.6. The molecule has 21 heavy (non-hydrogen) atoms. The van der Waals surface area contributed by atoms with Gasteiger partial charge in [-0.15, -0.1) is 0 Å². The molecule has 0 aliphatic heterocycles. The number of halogens is 2. The minimum absolute atomic E-state index is 0.0159. The van der Waals surface area contributed by atoms with E-state index in [-0.39, 0.29) is 17.3 Å². The zero-order valence-corrected chi connectivity index (χ0v) is 13.5. The van der Waals surface area contributed by atoms with Gasteiger partial charge < -0.3 is 4.74 Å². The monoisotopic (exact) mass is 373 g/mol. The predicted octanol–water partition coefficient (Wildman–Crippen LogP) is 3.12. The van der Waals surface area contributed by atoms with Crippen LogP contribution in [0.3, 0.4) is 0 Å². The Morgan fingerprint density at radius 1 is 1.24 bits per heavy atom. The molecule has 0 spiro atoms. The fourth-order valence-electron chi connectivity index (χ4n) is 1.76. The molecule has 4 nitrogen and oxygen atoms in total. The Bertz CT molecular complexity index is 778. The van der Waals surface area contributed by atoms with E-state index in [2.05, 4.69) is 15.9 Å². The van der Waals surface area contributed by atoms with E-state index in [0.29, 0.717) is 21.3 Å². The number of rotatable bonds is 4. The molecule has 2 N–H and O–H groups in total. The lowest BCUT2D eigenvalue weighted by Crippen LogP contribution is -2.12. The lowest BCUT2D eigenvalue weighted by atomic mass is 10.2. The molecule has 0 amide bonds. The van der Waals surface area contributed by atoms with E-state index < -0.39 is 10.0 Å². The number of primary sulfonamides is 1. The van der Waals surface area contributed by atoms with E-state index in [4.69, 9.17) is 9.88 Å². The van der Waals surface area contributed by atoms with Gasteiger partial charge in [0.2, 0.25) is 10.0 Å². The van der Waals surface area contributed by atoms with Gasteiger partial charge in [-0.2, -0.15) is 0 Å². The minimum Gasteiger partial charge on any atom is -0.489 e. The quantitative estimate of drug-likeness (QED) is 0.894. The van der Waals surface area contributed by atoms with Gasteiger partial charge in [-0.1, -0.05) is 22.0 Å². The maximum absolute atomic E-state index is 13.7. The molecule has 0 saturated carbocycles. The molecule has 0 radical (unpaired) electrons. The highest BCUT2D eigenvalue weighted by molar-refractivity contribution is 9.10. The van der Waals surface area contributed by atoms with Gasteiger partial charge in [0.15, 0.2) is 0 Å². The van der Waals surface area contributed by atoms with E-state index in [1.165, 1.54) is 24.3 Å². The van der Waals surface area contributed by atoms with Crippen LogP contribution < -0.4 is 9.88 Å². The van der Waals surface area contributed by atoms with Crippen molar-refractivity contribution >= 4 is 26.0 Å². The summed E-state index contributed by atoms with van der Waals surface area (Å²) >= 11 is 3.18. The van der Waals surface area contributed by atoms with Crippen LogP contribution in [0.5, 0.6) is 5.75 Å². The smallest absolute Gasteiger partial charge is 0.238 e. The van der Waals surface area contributed by atoms with Crippen molar-refractivity contribution in [3.05, 3.63) is 57.8 Å². The van der Waals surface area contributed by atoms with E-state index in [9.17, 15) is 12.8 Å². The number of sulfonamides is 1. The van der Waals surface area contributed by atoms with E-state index in [1.807, 2.05) is 0 Å². The van der Waals surface area contributed by atoms with E-state index >= 15 is 0 Å². The second-order valence-corrected chi connectivity index (χ2v) is 6.97. The lowest BCUT2D eigenvalue weighted by molar-refractivity contribution is 0.297. The molecule has 0 unspecified atom stereocenters. The molecular formula is C14H13BrFNO3S. The summed E-state index contributed by atoms with van der Waals surface area (Å²) in [6.07, 6.45) is 0. The molecule has 0 bridgehead atoms. The summed E-state index contributed by atoms with van der Waals surface area (Å²) in [5.41, 5.74) is 1.02. The number of nitrogens with two attached hydrogens (primary N) is 1. The summed E-state index contributed by atoms with van der Waals surface area (Å²) in [6, 6.07) is 8.98. The number of hydrogen-bond acceptors (Lipinski definition) is 3. The first-order chi connectivity index (χ1) is 9.77. The van der Waals surface area contributed by atoms with Crippen molar-refractivity contribution in [1.29, 1.82) is 0 Å². The van der Waals surface area contributed by atoms with Crippen molar-refractivity contribution < 1.29 is 17.5 Å². The van der Waals surface area contributed by atoms with Crippen molar-refractivity contribution in [2.24, 2.45) is 5.14 Å². The first-order valence-corrected chi connectivity index (χ1v) is 8.31. The SMILES string of the molecule is Cc1cc(S(N)(=O)=O)ccc1OCc1ccc(Br)cc1F. The van der Waals surface area contributed by atoms with E-state index in [0.717, 1.165) is 0 Å². The fraction of sp³-hybridized carbons (Fsp3) is 0.143. The predicted molar refractivity (Wildman–Crippen MR) is 81.0 cm³/mol. The van der Waals surface area contributed by atoms with Crippen LogP contribution in [0.4, 0.5) is 4.39 Å². The third kappa shape index (κ3) is 4.03. The van der Waals surface area contributed by atoms with Gasteiger partial charge in [0.05, 0.1) is 4.90 Å². The molecule has 0 aliphatic rings. The van der Waals surface area contributed by atoms with Crippen LogP contribution in [0.15, 0.2) is 45.8 Å². The van der Waals surface area contributed by atoms with Crippen LogP contribution >= 0.6 is 15.9 Å². The third-order valence-corrected chi connectivity index (χ3v) is 4.28. The van der Waals surface area contributed by atoms with E-state index in [1.54, 1.807) is 19.1 Å². The molecule has 0 fully saturated rings. The molecule has 0 aliphatic carbocycles. The Morgan fingerprint density at radius 3 is 2.52 bits per heavy atom. The van der Waals surface area contributed by atoms with Crippen LogP contribution in [-0.2, 0) is 16.6 Å². The lowest BCUT2D eigenvalue weighted by Gasteiger charge is -2.11. The highest BCUT2D eigenvalue weighted by Gasteiger charge is 2.11. The molecule has 0 aromatic heterocycles. The molecule has 0 atom stereocenters. The van der Waals surface area contributed by atoms with Gasteiger partial charge in [0.1, 0.15) is 18.2 Å². The summed E-state index contributed by atoms with van der Waals surface area (Å²) in [4.78, 5) is 0.0159. The van der Waals surface area contributed by atoms with Crippen LogP contribution in [0.2, 0.25) is 0 Å². The van der Waals surface area contributed by atoms with Crippen molar-refractivity contribution in [2.45, 2.75) is 18.4 Å². The molecule has 0 heterocycles. The van der Waals surface area contributed by atoms with Gasteiger partial charge in [-0.3, -0.25) is 0 Å². The first-order valence-electron chi connectivity index (χ1n) is 5.97. The van der Waals surface area contributed by atoms with Crippen molar-refractivity contribution in [3.63, 3.8) is 0 Å². The Morgan fingerprint density at radius 2 is 1.95 bits per heavy atom. The van der Waals surface area contributed by atoms with Gasteiger partial charge >= 0.3 is 0 Å². The highest BCUT2D eigenvalue weighted by Crippen LogP contribution is 2.23. The standard InChI is InChI=1S/C14H13BrFNO3S/c1-9-6-12(21(17,18)19)4-5-14(9)20-8-10-2-3-11(15)7-13(10)16/h2-7H,8H2,1H3,(H2,17,18,19). The molecule has 2 aromatic rings. The number of hydrogen-bond donors (Lipinski definition) is 1. The Kier molecular flexibility index (Phi) is 4.65. The maximum atomic E-state index is 13.7.